The molecule has 0 spiro atoms. The van der Waals surface area contributed by atoms with Crippen molar-refractivity contribution in [2.45, 2.75) is 56.3 Å². The Labute approximate surface area is 157 Å². The summed E-state index contributed by atoms with van der Waals surface area (Å²) in [5, 5.41) is 13.5. The van der Waals surface area contributed by atoms with E-state index >= 15 is 0 Å². The molecule has 7 heteroatoms. The maximum atomic E-state index is 12.9. The lowest BCUT2D eigenvalue weighted by atomic mass is 9.95. The Morgan fingerprint density at radius 2 is 2.12 bits per heavy atom. The number of halogens is 2. The summed E-state index contributed by atoms with van der Waals surface area (Å²) >= 11 is 12.5. The van der Waals surface area contributed by atoms with E-state index in [1.807, 2.05) is 21.9 Å². The van der Waals surface area contributed by atoms with Gasteiger partial charge in [0.05, 0.1) is 28.2 Å². The second-order valence-electron chi connectivity index (χ2n) is 7.09. The van der Waals surface area contributed by atoms with Crippen molar-refractivity contribution in [3.8, 4) is 6.19 Å². The third kappa shape index (κ3) is 2.82. The Morgan fingerprint density at radius 3 is 2.88 bits per heavy atom. The van der Waals surface area contributed by atoms with Gasteiger partial charge < -0.3 is 15.1 Å². The Hall–Kier alpha value is -1.64. The molecule has 0 unspecified atom stereocenters. The van der Waals surface area contributed by atoms with E-state index in [1.54, 1.807) is 6.07 Å². The number of urea groups is 1. The smallest absolute Gasteiger partial charge is 0.318 e. The summed E-state index contributed by atoms with van der Waals surface area (Å²) in [6, 6.07) is 5.97. The molecule has 1 aromatic carbocycles. The van der Waals surface area contributed by atoms with Crippen LogP contribution in [0.25, 0.3) is 0 Å². The van der Waals surface area contributed by atoms with E-state index in [2.05, 4.69) is 11.5 Å². The highest BCUT2D eigenvalue weighted by Gasteiger charge is 2.47. The number of nitriles is 1. The number of hydrogen-bond acceptors (Lipinski definition) is 3. The molecule has 5 nitrogen and oxygen atoms in total. The second-order valence-corrected chi connectivity index (χ2v) is 7.88. The standard InChI is InChI=1S/C18H20Cl2N4O/c19-13-4-1-3-12(17(13)20)15-5-2-8-23(15)18(25)22-14-9-11-6-7-16(14)24(11)10-21/h1,3-4,11,14-16H,2,5-9H2,(H,22,25)/t11-,14+,15-,16+/m0/s1. The largest absolute Gasteiger partial charge is 0.333 e. The molecule has 132 valence electrons. The molecular weight excluding hydrogens is 359 g/mol. The molecule has 4 rings (SSSR count). The van der Waals surface area contributed by atoms with Gasteiger partial charge in [0.2, 0.25) is 0 Å². The fourth-order valence-electron chi connectivity index (χ4n) is 4.65. The summed E-state index contributed by atoms with van der Waals surface area (Å²) in [7, 11) is 0. The molecule has 0 aromatic heterocycles. The predicted octanol–water partition coefficient (Wildman–Crippen LogP) is 3.93. The maximum Gasteiger partial charge on any atom is 0.318 e. The highest BCUT2D eigenvalue weighted by atomic mass is 35.5. The normalized spacial score (nSPS) is 30.6. The monoisotopic (exact) mass is 378 g/mol. The predicted molar refractivity (Wildman–Crippen MR) is 96.3 cm³/mol. The summed E-state index contributed by atoms with van der Waals surface area (Å²) in [6.45, 7) is 0.710. The first kappa shape index (κ1) is 16.8. The van der Waals surface area contributed by atoms with E-state index in [-0.39, 0.29) is 30.2 Å². The highest BCUT2D eigenvalue weighted by Crippen LogP contribution is 2.40. The van der Waals surface area contributed by atoms with Gasteiger partial charge >= 0.3 is 6.03 Å². The molecule has 3 heterocycles. The molecule has 1 N–H and O–H groups in total. The number of rotatable bonds is 2. The van der Waals surface area contributed by atoms with Crippen LogP contribution in [0, 0.1) is 11.5 Å². The minimum absolute atomic E-state index is 0.0446. The number of likely N-dealkylation sites (tertiary alicyclic amines) is 1. The molecular formula is C18H20Cl2N4O. The molecule has 0 saturated carbocycles. The molecule has 4 atom stereocenters. The second kappa shape index (κ2) is 6.59. The van der Waals surface area contributed by atoms with E-state index in [4.69, 9.17) is 23.2 Å². The Morgan fingerprint density at radius 1 is 1.28 bits per heavy atom. The van der Waals surface area contributed by atoms with Gasteiger partial charge in [0, 0.05) is 12.6 Å². The van der Waals surface area contributed by atoms with Crippen LogP contribution in [-0.4, -0.2) is 40.5 Å². The zero-order valence-electron chi connectivity index (χ0n) is 13.8. The summed E-state index contributed by atoms with van der Waals surface area (Å²) in [6.07, 6.45) is 7.00. The molecule has 0 radical (unpaired) electrons. The topological polar surface area (TPSA) is 59.4 Å². The Balaban J connectivity index is 1.49. The molecule has 3 aliphatic rings. The molecule has 2 bridgehead atoms. The average molecular weight is 379 g/mol. The number of benzene rings is 1. The summed E-state index contributed by atoms with van der Waals surface area (Å²) in [4.78, 5) is 16.6. The molecule has 3 fully saturated rings. The zero-order chi connectivity index (χ0) is 17.6. The van der Waals surface area contributed by atoms with Gasteiger partial charge in [0.25, 0.3) is 0 Å². The third-order valence-electron chi connectivity index (χ3n) is 5.82. The summed E-state index contributed by atoms with van der Waals surface area (Å²) in [5.41, 5.74) is 0.911. The Kier molecular flexibility index (Phi) is 4.43. The number of nitrogens with one attached hydrogen (secondary N) is 1. The number of hydrogen-bond donors (Lipinski definition) is 1. The van der Waals surface area contributed by atoms with Crippen LogP contribution in [0.2, 0.25) is 10.0 Å². The van der Waals surface area contributed by atoms with Crippen molar-refractivity contribution in [1.82, 2.24) is 15.1 Å². The minimum atomic E-state index is -0.0611. The first-order valence-electron chi connectivity index (χ1n) is 8.79. The van der Waals surface area contributed by atoms with Crippen molar-refractivity contribution >= 4 is 29.2 Å². The molecule has 3 aliphatic heterocycles. The summed E-state index contributed by atoms with van der Waals surface area (Å²) < 4.78 is 0. The van der Waals surface area contributed by atoms with Crippen molar-refractivity contribution in [2.75, 3.05) is 6.54 Å². The summed E-state index contributed by atoms with van der Waals surface area (Å²) in [5.74, 6) is 0. The van der Waals surface area contributed by atoms with Gasteiger partial charge in [-0.3, -0.25) is 0 Å². The number of amides is 2. The zero-order valence-corrected chi connectivity index (χ0v) is 15.3. The fourth-order valence-corrected chi connectivity index (χ4v) is 5.09. The Bertz CT molecular complexity index is 734. The van der Waals surface area contributed by atoms with Gasteiger partial charge in [0.1, 0.15) is 0 Å². The molecule has 2 amide bonds. The van der Waals surface area contributed by atoms with Gasteiger partial charge in [0.15, 0.2) is 6.19 Å². The van der Waals surface area contributed by atoms with Crippen molar-refractivity contribution in [2.24, 2.45) is 0 Å². The lowest BCUT2D eigenvalue weighted by Crippen LogP contribution is -2.48. The van der Waals surface area contributed by atoms with Crippen LogP contribution in [0.15, 0.2) is 18.2 Å². The molecule has 0 aliphatic carbocycles. The van der Waals surface area contributed by atoms with Crippen LogP contribution >= 0.6 is 23.2 Å². The van der Waals surface area contributed by atoms with Gasteiger partial charge in [-0.25, -0.2) is 4.79 Å². The molecule has 3 saturated heterocycles. The number of carbonyl (C=O) groups is 1. The van der Waals surface area contributed by atoms with Crippen molar-refractivity contribution in [3.63, 3.8) is 0 Å². The lowest BCUT2D eigenvalue weighted by molar-refractivity contribution is 0.185. The first-order valence-corrected chi connectivity index (χ1v) is 9.55. The van der Waals surface area contributed by atoms with Gasteiger partial charge in [-0.15, -0.1) is 0 Å². The van der Waals surface area contributed by atoms with Crippen LogP contribution in [0.5, 0.6) is 0 Å². The number of fused-ring (bicyclic) bond motifs is 2. The van der Waals surface area contributed by atoms with E-state index in [1.165, 1.54) is 0 Å². The minimum Gasteiger partial charge on any atom is -0.333 e. The first-order chi connectivity index (χ1) is 12.1. The van der Waals surface area contributed by atoms with Gasteiger partial charge in [-0.2, -0.15) is 5.26 Å². The fraction of sp³-hybridized carbons (Fsp3) is 0.556. The van der Waals surface area contributed by atoms with E-state index in [0.29, 0.717) is 16.6 Å². The van der Waals surface area contributed by atoms with Crippen molar-refractivity contribution in [3.05, 3.63) is 33.8 Å². The van der Waals surface area contributed by atoms with Crippen LogP contribution in [0.1, 0.15) is 43.7 Å². The average Bonchev–Trinajstić information content (AvgIpc) is 3.30. The van der Waals surface area contributed by atoms with E-state index < -0.39 is 0 Å². The molecule has 25 heavy (non-hydrogen) atoms. The van der Waals surface area contributed by atoms with Crippen LogP contribution in [0.4, 0.5) is 4.79 Å². The molecule has 1 aromatic rings. The lowest BCUT2D eigenvalue weighted by Gasteiger charge is -2.29. The maximum absolute atomic E-state index is 12.9. The third-order valence-corrected chi connectivity index (χ3v) is 6.65. The van der Waals surface area contributed by atoms with Crippen molar-refractivity contribution < 1.29 is 4.79 Å². The van der Waals surface area contributed by atoms with Crippen molar-refractivity contribution in [1.29, 1.82) is 5.26 Å². The van der Waals surface area contributed by atoms with Crippen LogP contribution in [0.3, 0.4) is 0 Å². The SMILES string of the molecule is N#CN1[C@H]2CC[C@@H]1[C@H](NC(=O)N1CCC[C@H]1c1cccc(Cl)c1Cl)C2. The number of nitrogens with zero attached hydrogens (tertiary/aromatic N) is 3. The van der Waals surface area contributed by atoms with Gasteiger partial charge in [-0.05, 0) is 43.7 Å². The van der Waals surface area contributed by atoms with E-state index in [0.717, 1.165) is 37.7 Å². The van der Waals surface area contributed by atoms with Crippen LogP contribution in [-0.2, 0) is 0 Å². The van der Waals surface area contributed by atoms with Gasteiger partial charge in [-0.1, -0.05) is 35.3 Å². The number of carbonyl (C=O) groups excluding carboxylic acids is 1. The quantitative estimate of drug-likeness (QED) is 0.793. The highest BCUT2D eigenvalue weighted by molar-refractivity contribution is 6.42. The van der Waals surface area contributed by atoms with Crippen LogP contribution < -0.4 is 5.32 Å². The van der Waals surface area contributed by atoms with E-state index in [9.17, 15) is 10.1 Å².